The first kappa shape index (κ1) is 23.1. The number of aromatic nitrogens is 1. The van der Waals surface area contributed by atoms with Crippen molar-refractivity contribution in [1.29, 1.82) is 0 Å². The number of rotatable bonds is 7. The van der Waals surface area contributed by atoms with E-state index in [0.717, 1.165) is 30.2 Å². The zero-order chi connectivity index (χ0) is 19.8. The molecule has 3 rings (SSSR count). The highest BCUT2D eigenvalue weighted by atomic mass is 127. The highest BCUT2D eigenvalue weighted by Crippen LogP contribution is 2.30. The van der Waals surface area contributed by atoms with Gasteiger partial charge in [0.1, 0.15) is 5.82 Å². The molecule has 0 spiro atoms. The van der Waals surface area contributed by atoms with Crippen molar-refractivity contribution in [3.8, 4) is 11.5 Å². The summed E-state index contributed by atoms with van der Waals surface area (Å²) >= 11 is 0. The minimum Gasteiger partial charge on any atom is -0.493 e. The van der Waals surface area contributed by atoms with E-state index in [1.165, 1.54) is 12.8 Å². The van der Waals surface area contributed by atoms with Gasteiger partial charge in [0.25, 0.3) is 0 Å². The van der Waals surface area contributed by atoms with Crippen molar-refractivity contribution in [1.82, 2.24) is 10.3 Å². The Morgan fingerprint density at radius 2 is 1.97 bits per heavy atom. The van der Waals surface area contributed by atoms with Crippen molar-refractivity contribution in [3.05, 3.63) is 42.1 Å². The van der Waals surface area contributed by atoms with Crippen molar-refractivity contribution in [2.75, 3.05) is 44.1 Å². The third kappa shape index (κ3) is 6.38. The lowest BCUT2D eigenvalue weighted by atomic mass is 10.2. The molecule has 2 aromatic rings. The molecule has 0 atom stereocenters. The largest absolute Gasteiger partial charge is 0.493 e. The molecule has 158 valence electrons. The maximum atomic E-state index is 5.63. The van der Waals surface area contributed by atoms with Crippen molar-refractivity contribution >= 4 is 41.4 Å². The number of nitrogens with zero attached hydrogens (tertiary/aromatic N) is 3. The first-order valence-corrected chi connectivity index (χ1v) is 9.72. The summed E-state index contributed by atoms with van der Waals surface area (Å²) in [5.74, 6) is 3.15. The molecule has 2 N–H and O–H groups in total. The van der Waals surface area contributed by atoms with Crippen LogP contribution in [0, 0.1) is 0 Å². The number of aliphatic imine (C=N–C) groups is 1. The Kier molecular flexibility index (Phi) is 9.30. The molecule has 7 nitrogen and oxygen atoms in total. The molecule has 1 saturated heterocycles. The number of hydrogen-bond acceptors (Lipinski definition) is 5. The fourth-order valence-corrected chi connectivity index (χ4v) is 3.18. The first-order valence-electron chi connectivity index (χ1n) is 9.72. The van der Waals surface area contributed by atoms with E-state index < -0.39 is 0 Å². The van der Waals surface area contributed by atoms with E-state index in [-0.39, 0.29) is 24.0 Å². The number of benzene rings is 1. The molecule has 8 heteroatoms. The molecule has 1 fully saturated rings. The molecule has 1 aromatic heterocycles. The van der Waals surface area contributed by atoms with Crippen molar-refractivity contribution in [2.24, 2.45) is 4.99 Å². The molecule has 0 radical (unpaired) electrons. The lowest BCUT2D eigenvalue weighted by Crippen LogP contribution is -2.30. The van der Waals surface area contributed by atoms with Gasteiger partial charge in [-0.1, -0.05) is 6.07 Å². The van der Waals surface area contributed by atoms with E-state index >= 15 is 0 Å². The Bertz CT molecular complexity index is 792. The van der Waals surface area contributed by atoms with Crippen LogP contribution >= 0.6 is 24.0 Å². The van der Waals surface area contributed by atoms with E-state index in [4.69, 9.17) is 9.47 Å². The number of ether oxygens (including phenoxy) is 2. The summed E-state index contributed by atoms with van der Waals surface area (Å²) in [4.78, 5) is 11.2. The van der Waals surface area contributed by atoms with Gasteiger partial charge >= 0.3 is 0 Å². The number of halogens is 1. The van der Waals surface area contributed by atoms with E-state index in [1.807, 2.05) is 31.3 Å². The lowest BCUT2D eigenvalue weighted by Gasteiger charge is -2.17. The van der Waals surface area contributed by atoms with Gasteiger partial charge in [0, 0.05) is 44.6 Å². The summed E-state index contributed by atoms with van der Waals surface area (Å²) in [6, 6.07) is 9.92. The summed E-state index contributed by atoms with van der Waals surface area (Å²) in [6.45, 7) is 5.37. The Morgan fingerprint density at radius 3 is 2.59 bits per heavy atom. The van der Waals surface area contributed by atoms with Crippen molar-refractivity contribution in [2.45, 2.75) is 26.3 Å². The van der Waals surface area contributed by atoms with Gasteiger partial charge in [-0.3, -0.25) is 4.99 Å². The Morgan fingerprint density at radius 1 is 1.17 bits per heavy atom. The highest BCUT2D eigenvalue weighted by Gasteiger charge is 2.13. The molecule has 29 heavy (non-hydrogen) atoms. The predicted octanol–water partition coefficient (Wildman–Crippen LogP) is 3.89. The van der Waals surface area contributed by atoms with Crippen molar-refractivity contribution < 1.29 is 9.47 Å². The second-order valence-electron chi connectivity index (χ2n) is 6.57. The van der Waals surface area contributed by atoms with Gasteiger partial charge in [-0.15, -0.1) is 24.0 Å². The molecule has 0 amide bonds. The fraction of sp³-hybridized carbons (Fsp3) is 0.429. The smallest absolute Gasteiger partial charge is 0.195 e. The number of pyridine rings is 1. The number of nitrogens with one attached hydrogen (secondary N) is 2. The SMILES string of the molecule is CCOc1cc(NC(=NC)NCc2ccc(N3CCCC3)nc2)ccc1OC.I. The molecule has 0 unspecified atom stereocenters. The van der Waals surface area contributed by atoms with Gasteiger partial charge in [0.15, 0.2) is 17.5 Å². The lowest BCUT2D eigenvalue weighted by molar-refractivity contribution is 0.311. The zero-order valence-corrected chi connectivity index (χ0v) is 19.6. The van der Waals surface area contributed by atoms with Gasteiger partial charge in [-0.05, 0) is 43.5 Å². The Hall–Kier alpha value is -2.23. The van der Waals surface area contributed by atoms with Crippen LogP contribution in [0.1, 0.15) is 25.3 Å². The predicted molar refractivity (Wildman–Crippen MR) is 129 cm³/mol. The fourth-order valence-electron chi connectivity index (χ4n) is 3.18. The molecular weight excluding hydrogens is 481 g/mol. The number of guanidine groups is 1. The Balaban J connectivity index is 0.00000300. The maximum Gasteiger partial charge on any atom is 0.195 e. The highest BCUT2D eigenvalue weighted by molar-refractivity contribution is 14.0. The van der Waals surface area contributed by atoms with E-state index in [1.54, 1.807) is 14.2 Å². The normalized spacial score (nSPS) is 13.6. The number of anilines is 2. The Labute approximate surface area is 189 Å². The van der Waals surface area contributed by atoms with Gasteiger partial charge in [0.2, 0.25) is 0 Å². The number of methoxy groups -OCH3 is 1. The van der Waals surface area contributed by atoms with Crippen LogP contribution in [-0.2, 0) is 6.54 Å². The minimum atomic E-state index is 0. The van der Waals surface area contributed by atoms with Crippen molar-refractivity contribution in [3.63, 3.8) is 0 Å². The molecule has 0 saturated carbocycles. The topological polar surface area (TPSA) is 71.0 Å². The van der Waals surface area contributed by atoms with Crippen LogP contribution < -0.4 is 25.0 Å². The van der Waals surface area contributed by atoms with Gasteiger partial charge in [-0.2, -0.15) is 0 Å². The molecule has 1 aliphatic heterocycles. The van der Waals surface area contributed by atoms with Gasteiger partial charge < -0.3 is 25.0 Å². The first-order chi connectivity index (χ1) is 13.7. The molecule has 0 aliphatic carbocycles. The standard InChI is InChI=1S/C21H29N5O2.HI/c1-4-28-19-13-17(8-9-18(19)27-3)25-21(22-2)24-15-16-7-10-20(23-14-16)26-11-5-6-12-26;/h7-10,13-14H,4-6,11-12,15H2,1-3H3,(H2,22,24,25);1H. The van der Waals surface area contributed by atoms with Crippen LogP contribution in [0.2, 0.25) is 0 Å². The van der Waals surface area contributed by atoms with Gasteiger partial charge in [-0.25, -0.2) is 4.98 Å². The van der Waals surface area contributed by atoms with Crippen LogP contribution in [0.3, 0.4) is 0 Å². The molecule has 1 aromatic carbocycles. The summed E-state index contributed by atoms with van der Waals surface area (Å²) in [5, 5.41) is 6.60. The van der Waals surface area contributed by atoms with Crippen LogP contribution in [-0.4, -0.2) is 44.8 Å². The van der Waals surface area contributed by atoms with Gasteiger partial charge in [0.05, 0.1) is 13.7 Å². The third-order valence-electron chi connectivity index (χ3n) is 4.65. The maximum absolute atomic E-state index is 5.63. The zero-order valence-electron chi connectivity index (χ0n) is 17.3. The molecule has 2 heterocycles. The quantitative estimate of drug-likeness (QED) is 0.334. The minimum absolute atomic E-state index is 0. The summed E-state index contributed by atoms with van der Waals surface area (Å²) < 4.78 is 11.0. The summed E-state index contributed by atoms with van der Waals surface area (Å²) in [7, 11) is 3.38. The molecular formula is C21H30IN5O2. The molecule has 1 aliphatic rings. The number of hydrogen-bond donors (Lipinski definition) is 2. The van der Waals surface area contributed by atoms with Crippen LogP contribution in [0.15, 0.2) is 41.5 Å². The second-order valence-corrected chi connectivity index (χ2v) is 6.57. The van der Waals surface area contributed by atoms with E-state index in [0.29, 0.717) is 30.6 Å². The van der Waals surface area contributed by atoms with Crippen LogP contribution in [0.4, 0.5) is 11.5 Å². The van der Waals surface area contributed by atoms with Crippen LogP contribution in [0.25, 0.3) is 0 Å². The monoisotopic (exact) mass is 511 g/mol. The second kappa shape index (κ2) is 11.7. The third-order valence-corrected chi connectivity index (χ3v) is 4.65. The average Bonchev–Trinajstić information content (AvgIpc) is 3.27. The van der Waals surface area contributed by atoms with E-state index in [2.05, 4.69) is 37.6 Å². The van der Waals surface area contributed by atoms with E-state index in [9.17, 15) is 0 Å². The summed E-state index contributed by atoms with van der Waals surface area (Å²) in [5.41, 5.74) is 1.98. The summed E-state index contributed by atoms with van der Waals surface area (Å²) in [6.07, 6.45) is 4.43. The molecule has 0 bridgehead atoms. The average molecular weight is 511 g/mol. The van der Waals surface area contributed by atoms with Crippen LogP contribution in [0.5, 0.6) is 11.5 Å².